The summed E-state index contributed by atoms with van der Waals surface area (Å²) >= 11 is 0. The van der Waals surface area contributed by atoms with Gasteiger partial charge in [-0.2, -0.15) is 4.98 Å². The van der Waals surface area contributed by atoms with E-state index < -0.39 is 10.5 Å². The van der Waals surface area contributed by atoms with Gasteiger partial charge in [0, 0.05) is 31.3 Å². The van der Waals surface area contributed by atoms with Gasteiger partial charge in [0.15, 0.2) is 5.58 Å². The van der Waals surface area contributed by atoms with Crippen LogP contribution >= 0.6 is 0 Å². The summed E-state index contributed by atoms with van der Waals surface area (Å²) in [5.74, 6) is 0. The van der Waals surface area contributed by atoms with E-state index in [2.05, 4.69) is 10.3 Å². The number of piperidine rings is 1. The van der Waals surface area contributed by atoms with Crippen molar-refractivity contribution in [3.63, 3.8) is 0 Å². The molecule has 9 nitrogen and oxygen atoms in total. The number of hydrogen-bond donors (Lipinski definition) is 1. The Labute approximate surface area is 150 Å². The SMILES string of the molecule is CC(C)(C)OC(=O)N1CCC[C@@H](Nc2nc3cc([N+](=O)[O-])ccc3o2)C1. The Kier molecular flexibility index (Phi) is 4.71. The average Bonchev–Trinajstić information content (AvgIpc) is 2.94. The maximum absolute atomic E-state index is 12.2. The molecule has 1 N–H and O–H groups in total. The highest BCUT2D eigenvalue weighted by Gasteiger charge is 2.28. The van der Waals surface area contributed by atoms with Crippen LogP contribution in [0.5, 0.6) is 0 Å². The number of fused-ring (bicyclic) bond motifs is 1. The number of amides is 1. The second-order valence-corrected chi connectivity index (χ2v) is 7.34. The molecule has 0 bridgehead atoms. The van der Waals surface area contributed by atoms with E-state index in [1.807, 2.05) is 20.8 Å². The molecule has 0 unspecified atom stereocenters. The van der Waals surface area contributed by atoms with Crippen molar-refractivity contribution < 1.29 is 18.9 Å². The molecule has 140 valence electrons. The van der Waals surface area contributed by atoms with E-state index in [4.69, 9.17) is 9.15 Å². The number of anilines is 1. The zero-order valence-corrected chi connectivity index (χ0v) is 15.0. The van der Waals surface area contributed by atoms with Crippen LogP contribution < -0.4 is 5.32 Å². The third kappa shape index (κ3) is 4.22. The van der Waals surface area contributed by atoms with Gasteiger partial charge in [0.1, 0.15) is 11.1 Å². The quantitative estimate of drug-likeness (QED) is 0.656. The summed E-state index contributed by atoms with van der Waals surface area (Å²) in [4.78, 5) is 28.5. The molecule has 1 aromatic heterocycles. The summed E-state index contributed by atoms with van der Waals surface area (Å²) in [7, 11) is 0. The van der Waals surface area contributed by atoms with E-state index in [1.165, 1.54) is 18.2 Å². The number of nitrogens with zero attached hydrogens (tertiary/aromatic N) is 3. The summed E-state index contributed by atoms with van der Waals surface area (Å²) in [6.45, 7) is 6.63. The van der Waals surface area contributed by atoms with E-state index in [1.54, 1.807) is 4.90 Å². The fourth-order valence-electron chi connectivity index (χ4n) is 2.85. The van der Waals surface area contributed by atoms with Gasteiger partial charge in [-0.1, -0.05) is 0 Å². The minimum atomic E-state index is -0.535. The van der Waals surface area contributed by atoms with Crippen LogP contribution in [-0.2, 0) is 4.74 Å². The van der Waals surface area contributed by atoms with Crippen LogP contribution in [0.1, 0.15) is 33.6 Å². The Balaban J connectivity index is 1.67. The second-order valence-electron chi connectivity index (χ2n) is 7.34. The minimum Gasteiger partial charge on any atom is -0.444 e. The number of non-ortho nitro benzene ring substituents is 1. The van der Waals surface area contributed by atoms with Crippen LogP contribution in [0.2, 0.25) is 0 Å². The normalized spacial score (nSPS) is 18.0. The first-order valence-electron chi connectivity index (χ1n) is 8.51. The minimum absolute atomic E-state index is 0.0284. The van der Waals surface area contributed by atoms with Gasteiger partial charge >= 0.3 is 6.09 Å². The topological polar surface area (TPSA) is 111 Å². The van der Waals surface area contributed by atoms with Gasteiger partial charge < -0.3 is 19.4 Å². The lowest BCUT2D eigenvalue weighted by Gasteiger charge is -2.34. The van der Waals surface area contributed by atoms with Crippen LogP contribution in [0.25, 0.3) is 11.1 Å². The fourth-order valence-corrected chi connectivity index (χ4v) is 2.85. The predicted molar refractivity (Wildman–Crippen MR) is 95.1 cm³/mol. The molecule has 26 heavy (non-hydrogen) atoms. The summed E-state index contributed by atoms with van der Waals surface area (Å²) in [5, 5.41) is 14.0. The lowest BCUT2D eigenvalue weighted by Crippen LogP contribution is -2.47. The fraction of sp³-hybridized carbons (Fsp3) is 0.529. The largest absolute Gasteiger partial charge is 0.444 e. The first-order valence-corrected chi connectivity index (χ1v) is 8.51. The zero-order chi connectivity index (χ0) is 18.9. The molecule has 0 spiro atoms. The molecule has 1 atom stereocenters. The molecule has 1 aromatic carbocycles. The number of nitro groups is 1. The van der Waals surface area contributed by atoms with Gasteiger partial charge in [0.05, 0.1) is 4.92 Å². The molecule has 1 fully saturated rings. The Bertz CT molecular complexity index is 826. The molecule has 1 aliphatic heterocycles. The van der Waals surface area contributed by atoms with E-state index >= 15 is 0 Å². The summed E-state index contributed by atoms with van der Waals surface area (Å²) in [6, 6.07) is 4.54. The highest BCUT2D eigenvalue weighted by molar-refractivity contribution is 5.77. The van der Waals surface area contributed by atoms with Crippen LogP contribution in [0, 0.1) is 10.1 Å². The molecule has 0 aliphatic carbocycles. The van der Waals surface area contributed by atoms with E-state index in [0.29, 0.717) is 24.2 Å². The van der Waals surface area contributed by atoms with Crippen molar-refractivity contribution in [3.8, 4) is 0 Å². The van der Waals surface area contributed by atoms with Gasteiger partial charge in [-0.05, 0) is 39.7 Å². The number of nitro benzene ring substituents is 1. The van der Waals surface area contributed by atoms with Crippen molar-refractivity contribution in [3.05, 3.63) is 28.3 Å². The molecule has 1 saturated heterocycles. The number of carbonyl (C=O) groups excluding carboxylic acids is 1. The smallest absolute Gasteiger partial charge is 0.410 e. The maximum Gasteiger partial charge on any atom is 0.410 e. The summed E-state index contributed by atoms with van der Waals surface area (Å²) in [5.41, 5.74) is 0.317. The van der Waals surface area contributed by atoms with Crippen molar-refractivity contribution in [2.75, 3.05) is 18.4 Å². The highest BCUT2D eigenvalue weighted by Crippen LogP contribution is 2.25. The Morgan fingerprint density at radius 1 is 1.46 bits per heavy atom. The molecule has 2 aromatic rings. The third-order valence-electron chi connectivity index (χ3n) is 3.98. The van der Waals surface area contributed by atoms with Crippen molar-refractivity contribution in [1.29, 1.82) is 0 Å². The first kappa shape index (κ1) is 18.0. The number of hydrogen-bond acceptors (Lipinski definition) is 7. The van der Waals surface area contributed by atoms with Crippen LogP contribution in [0.15, 0.2) is 22.6 Å². The molecular weight excluding hydrogens is 340 g/mol. The Hall–Kier alpha value is -2.84. The van der Waals surface area contributed by atoms with Crippen molar-refractivity contribution >= 4 is 28.9 Å². The second kappa shape index (κ2) is 6.81. The molecule has 1 amide bonds. The van der Waals surface area contributed by atoms with Gasteiger partial charge in [0.25, 0.3) is 11.7 Å². The average molecular weight is 362 g/mol. The summed E-state index contributed by atoms with van der Waals surface area (Å²) < 4.78 is 11.0. The molecule has 0 radical (unpaired) electrons. The number of ether oxygens (including phenoxy) is 1. The van der Waals surface area contributed by atoms with Gasteiger partial charge in [-0.3, -0.25) is 10.1 Å². The molecule has 1 aliphatic rings. The number of benzene rings is 1. The third-order valence-corrected chi connectivity index (χ3v) is 3.98. The van der Waals surface area contributed by atoms with Crippen LogP contribution in [-0.4, -0.2) is 45.6 Å². The molecule has 3 rings (SSSR count). The first-order chi connectivity index (χ1) is 12.2. The highest BCUT2D eigenvalue weighted by atomic mass is 16.6. The lowest BCUT2D eigenvalue weighted by atomic mass is 10.1. The standard InChI is InChI=1S/C17H22N4O5/c1-17(2,3)26-16(22)20-8-4-5-11(10-20)18-15-19-13-9-12(21(23)24)6-7-14(13)25-15/h6-7,9,11H,4-5,8,10H2,1-3H3,(H,18,19)/t11-/m1/s1. The number of likely N-dealkylation sites (tertiary alicyclic amines) is 1. The number of oxazole rings is 1. The van der Waals surface area contributed by atoms with E-state index in [0.717, 1.165) is 12.8 Å². The van der Waals surface area contributed by atoms with Crippen LogP contribution in [0.3, 0.4) is 0 Å². The lowest BCUT2D eigenvalue weighted by molar-refractivity contribution is -0.384. The van der Waals surface area contributed by atoms with Gasteiger partial charge in [-0.25, -0.2) is 4.79 Å². The predicted octanol–water partition coefficient (Wildman–Crippen LogP) is 3.55. The summed E-state index contributed by atoms with van der Waals surface area (Å²) in [6.07, 6.45) is 1.36. The number of nitrogens with one attached hydrogen (secondary N) is 1. The van der Waals surface area contributed by atoms with E-state index in [9.17, 15) is 14.9 Å². The van der Waals surface area contributed by atoms with Crippen molar-refractivity contribution in [2.45, 2.75) is 45.3 Å². The number of carbonyl (C=O) groups is 1. The maximum atomic E-state index is 12.2. The zero-order valence-electron chi connectivity index (χ0n) is 15.0. The van der Waals surface area contributed by atoms with Crippen molar-refractivity contribution in [2.24, 2.45) is 0 Å². The number of aromatic nitrogens is 1. The number of rotatable bonds is 3. The van der Waals surface area contributed by atoms with Gasteiger partial charge in [-0.15, -0.1) is 0 Å². The molecule has 2 heterocycles. The van der Waals surface area contributed by atoms with E-state index in [-0.39, 0.29) is 23.8 Å². The molecular formula is C17H22N4O5. The van der Waals surface area contributed by atoms with Gasteiger partial charge in [0.2, 0.25) is 0 Å². The Morgan fingerprint density at radius 3 is 2.92 bits per heavy atom. The Morgan fingerprint density at radius 2 is 2.23 bits per heavy atom. The molecule has 9 heteroatoms. The molecule has 0 saturated carbocycles. The van der Waals surface area contributed by atoms with Crippen molar-refractivity contribution in [1.82, 2.24) is 9.88 Å². The monoisotopic (exact) mass is 362 g/mol. The van der Waals surface area contributed by atoms with Crippen LogP contribution in [0.4, 0.5) is 16.5 Å².